The largest absolute Gasteiger partial charge is 0.480 e. The Balaban J connectivity index is 4.04. The molecule has 0 aliphatic rings. The molecule has 0 saturated heterocycles. The third kappa shape index (κ3) is 2.55. The first-order valence-electron chi connectivity index (χ1n) is 1.79. The van der Waals surface area contributed by atoms with Crippen molar-refractivity contribution in [3.8, 4) is 0 Å². The van der Waals surface area contributed by atoms with Gasteiger partial charge in [-0.15, -0.1) is 11.6 Å². The number of aliphatic carboxylic acids is 1. The van der Waals surface area contributed by atoms with Gasteiger partial charge in [0.05, 0.1) is 0 Å². The van der Waals surface area contributed by atoms with Crippen molar-refractivity contribution < 1.29 is 23.1 Å². The molecular formula is C3H2ClF3O2. The minimum Gasteiger partial charge on any atom is -0.480 e. The fourth-order valence-corrected chi connectivity index (χ4v) is 0.140. The average Bonchev–Trinajstić information content (AvgIpc) is 1.62. The van der Waals surface area contributed by atoms with Crippen molar-refractivity contribution in [1.82, 2.24) is 0 Å². The number of halogens is 4. The lowest BCUT2D eigenvalue weighted by atomic mass is 10.4. The first-order chi connectivity index (χ1) is 3.85. The van der Waals surface area contributed by atoms with Crippen LogP contribution in [0.2, 0.25) is 0 Å². The molecule has 0 spiro atoms. The molecule has 0 fully saturated rings. The van der Waals surface area contributed by atoms with Gasteiger partial charge in [-0.3, -0.25) is 4.79 Å². The van der Waals surface area contributed by atoms with Gasteiger partial charge in [0, 0.05) is 0 Å². The Morgan fingerprint density at radius 1 is 1.56 bits per heavy atom. The maximum atomic E-state index is 11.2. The number of alkyl halides is 4. The molecule has 0 radical (unpaired) electrons. The zero-order chi connectivity index (χ0) is 7.65. The Hall–Kier alpha value is -0.450. The van der Waals surface area contributed by atoms with Crippen molar-refractivity contribution in [2.75, 3.05) is 0 Å². The summed E-state index contributed by atoms with van der Waals surface area (Å²) in [5.41, 5.74) is 0. The Morgan fingerprint density at radius 3 is 1.89 bits per heavy atom. The van der Waals surface area contributed by atoms with E-state index < -0.39 is 17.5 Å². The molecule has 0 bridgehead atoms. The van der Waals surface area contributed by atoms with E-state index in [0.717, 1.165) is 0 Å². The topological polar surface area (TPSA) is 37.3 Å². The molecule has 1 atom stereocenters. The van der Waals surface area contributed by atoms with E-state index >= 15 is 0 Å². The highest BCUT2D eigenvalue weighted by molar-refractivity contribution is 6.30. The third-order valence-electron chi connectivity index (χ3n) is 0.504. The van der Waals surface area contributed by atoms with E-state index in [4.69, 9.17) is 5.11 Å². The molecule has 0 heterocycles. The molecular weight excluding hydrogens is 160 g/mol. The zero-order valence-corrected chi connectivity index (χ0v) is 4.70. The molecule has 0 rings (SSSR count). The Bertz CT molecular complexity index is 121. The van der Waals surface area contributed by atoms with E-state index in [-0.39, 0.29) is 0 Å². The van der Waals surface area contributed by atoms with Gasteiger partial charge in [0.2, 0.25) is 5.38 Å². The second kappa shape index (κ2) is 2.43. The van der Waals surface area contributed by atoms with Gasteiger partial charge in [-0.1, -0.05) is 0 Å². The average molecular weight is 162 g/mol. The van der Waals surface area contributed by atoms with Gasteiger partial charge >= 0.3 is 12.1 Å². The molecule has 0 aromatic carbocycles. The third-order valence-corrected chi connectivity index (χ3v) is 0.938. The van der Waals surface area contributed by atoms with E-state index in [2.05, 4.69) is 11.6 Å². The molecule has 0 aliphatic heterocycles. The minimum atomic E-state index is -4.85. The van der Waals surface area contributed by atoms with E-state index in [1.54, 1.807) is 0 Å². The molecule has 0 saturated carbocycles. The zero-order valence-electron chi connectivity index (χ0n) is 3.94. The first-order valence-corrected chi connectivity index (χ1v) is 2.23. The van der Waals surface area contributed by atoms with Gasteiger partial charge < -0.3 is 5.11 Å². The smallest absolute Gasteiger partial charge is 0.415 e. The van der Waals surface area contributed by atoms with Gasteiger partial charge in [0.15, 0.2) is 0 Å². The molecule has 54 valence electrons. The van der Waals surface area contributed by atoms with Crippen molar-refractivity contribution in [3.05, 3.63) is 0 Å². The van der Waals surface area contributed by atoms with E-state index in [0.29, 0.717) is 0 Å². The maximum Gasteiger partial charge on any atom is 0.415 e. The van der Waals surface area contributed by atoms with Crippen molar-refractivity contribution in [3.63, 3.8) is 0 Å². The molecule has 0 aliphatic carbocycles. The standard InChI is InChI=1S/C3H2ClF3O2/c4-1(2(8)9)3(5,6)7/h1H,(H,8,9). The van der Waals surface area contributed by atoms with Gasteiger partial charge in [-0.05, 0) is 0 Å². The summed E-state index contributed by atoms with van der Waals surface area (Å²) < 4.78 is 33.6. The lowest BCUT2D eigenvalue weighted by Gasteiger charge is -2.06. The van der Waals surface area contributed by atoms with Crippen molar-refractivity contribution in [2.24, 2.45) is 0 Å². The van der Waals surface area contributed by atoms with Gasteiger partial charge in [-0.2, -0.15) is 13.2 Å². The summed E-state index contributed by atoms with van der Waals surface area (Å²) in [6.45, 7) is 0. The van der Waals surface area contributed by atoms with Crippen LogP contribution in [0.15, 0.2) is 0 Å². The van der Waals surface area contributed by atoms with Crippen LogP contribution in [0.25, 0.3) is 0 Å². The summed E-state index contributed by atoms with van der Waals surface area (Å²) in [7, 11) is 0. The second-order valence-electron chi connectivity index (χ2n) is 1.24. The Kier molecular flexibility index (Phi) is 2.31. The lowest BCUT2D eigenvalue weighted by molar-refractivity contribution is -0.163. The molecule has 6 heteroatoms. The number of hydrogen-bond acceptors (Lipinski definition) is 1. The SMILES string of the molecule is O=C(O)C(Cl)C(F)(F)F. The van der Waals surface area contributed by atoms with E-state index in [1.807, 2.05) is 0 Å². The lowest BCUT2D eigenvalue weighted by Crippen LogP contribution is -2.31. The maximum absolute atomic E-state index is 11.2. The molecule has 9 heavy (non-hydrogen) atoms. The van der Waals surface area contributed by atoms with Crippen LogP contribution in [0.1, 0.15) is 0 Å². The Morgan fingerprint density at radius 2 is 1.89 bits per heavy atom. The van der Waals surface area contributed by atoms with Crippen LogP contribution in [0, 0.1) is 0 Å². The van der Waals surface area contributed by atoms with Crippen LogP contribution in [0.4, 0.5) is 13.2 Å². The molecule has 1 unspecified atom stereocenters. The number of carboxylic acids is 1. The van der Waals surface area contributed by atoms with Crippen molar-refractivity contribution in [1.29, 1.82) is 0 Å². The van der Waals surface area contributed by atoms with Crippen LogP contribution >= 0.6 is 11.6 Å². The van der Waals surface area contributed by atoms with Gasteiger partial charge in [0.1, 0.15) is 0 Å². The molecule has 0 aromatic rings. The predicted molar refractivity (Wildman–Crippen MR) is 23.3 cm³/mol. The fraction of sp³-hybridized carbons (Fsp3) is 0.667. The van der Waals surface area contributed by atoms with E-state index in [9.17, 15) is 18.0 Å². The minimum absolute atomic E-state index is 2.08. The summed E-state index contributed by atoms with van der Waals surface area (Å²) in [5.74, 6) is -2.08. The Labute approximate surface area is 53.2 Å². The van der Waals surface area contributed by atoms with Crippen LogP contribution in [0.5, 0.6) is 0 Å². The number of hydrogen-bond donors (Lipinski definition) is 1. The highest BCUT2D eigenvalue weighted by atomic mass is 35.5. The van der Waals surface area contributed by atoms with Crippen LogP contribution in [0.3, 0.4) is 0 Å². The first kappa shape index (κ1) is 8.55. The number of rotatable bonds is 1. The molecule has 0 aromatic heterocycles. The summed E-state index contributed by atoms with van der Waals surface area (Å²) in [6.07, 6.45) is -4.85. The highest BCUT2D eigenvalue weighted by Gasteiger charge is 2.43. The monoisotopic (exact) mass is 162 g/mol. The second-order valence-corrected chi connectivity index (χ2v) is 1.68. The van der Waals surface area contributed by atoms with Crippen LogP contribution in [-0.2, 0) is 4.79 Å². The number of carboxylic acid groups (broad SMARTS) is 1. The fourth-order valence-electron chi connectivity index (χ4n) is 0.140. The summed E-state index contributed by atoms with van der Waals surface area (Å²) in [5, 5.41) is 4.87. The van der Waals surface area contributed by atoms with Crippen molar-refractivity contribution in [2.45, 2.75) is 11.6 Å². The van der Waals surface area contributed by atoms with Crippen molar-refractivity contribution >= 4 is 17.6 Å². The molecule has 2 nitrogen and oxygen atoms in total. The summed E-state index contributed by atoms with van der Waals surface area (Å²) in [6, 6.07) is 0. The van der Waals surface area contributed by atoms with Crippen LogP contribution in [-0.4, -0.2) is 22.6 Å². The highest BCUT2D eigenvalue weighted by Crippen LogP contribution is 2.24. The molecule has 1 N–H and O–H groups in total. The number of carbonyl (C=O) groups is 1. The van der Waals surface area contributed by atoms with Crippen LogP contribution < -0.4 is 0 Å². The quantitative estimate of drug-likeness (QED) is 0.589. The van der Waals surface area contributed by atoms with Gasteiger partial charge in [-0.25, -0.2) is 0 Å². The summed E-state index contributed by atoms with van der Waals surface area (Å²) in [4.78, 5) is 9.49. The predicted octanol–water partition coefficient (Wildman–Crippen LogP) is 1.24. The summed E-state index contributed by atoms with van der Waals surface area (Å²) >= 11 is 4.37. The van der Waals surface area contributed by atoms with E-state index in [1.165, 1.54) is 0 Å². The molecule has 0 amide bonds. The van der Waals surface area contributed by atoms with Gasteiger partial charge in [0.25, 0.3) is 0 Å². The normalized spacial score (nSPS) is 15.1.